The maximum Gasteiger partial charge on any atom is 0.257 e. The summed E-state index contributed by atoms with van der Waals surface area (Å²) in [6.07, 6.45) is 3.23. The van der Waals surface area contributed by atoms with Crippen molar-refractivity contribution in [2.24, 2.45) is 0 Å². The molecule has 2 aromatic rings. The highest BCUT2D eigenvalue weighted by Crippen LogP contribution is 2.36. The van der Waals surface area contributed by atoms with E-state index >= 15 is 0 Å². The molecule has 0 saturated carbocycles. The van der Waals surface area contributed by atoms with Gasteiger partial charge in [-0.25, -0.2) is 0 Å². The van der Waals surface area contributed by atoms with Crippen LogP contribution >= 0.6 is 23.1 Å². The zero-order valence-corrected chi connectivity index (χ0v) is 14.1. The Kier molecular flexibility index (Phi) is 4.98. The van der Waals surface area contributed by atoms with Crippen molar-refractivity contribution in [1.82, 2.24) is 15.5 Å². The second kappa shape index (κ2) is 6.94. The fraction of sp³-hybridized carbons (Fsp3) is 0.600. The van der Waals surface area contributed by atoms with Crippen molar-refractivity contribution in [3.63, 3.8) is 0 Å². The lowest BCUT2D eigenvalue weighted by atomic mass is 10.2. The molecular weight excluding hydrogens is 302 g/mol. The number of aryl methyl sites for hydroxylation is 1. The first kappa shape index (κ1) is 15.1. The lowest BCUT2D eigenvalue weighted by molar-refractivity contribution is 0.396. The van der Waals surface area contributed by atoms with E-state index in [1.165, 1.54) is 22.6 Å². The minimum atomic E-state index is 0.163. The third kappa shape index (κ3) is 3.33. The number of nitrogens with zero attached hydrogens (tertiary/aromatic N) is 2. The van der Waals surface area contributed by atoms with Gasteiger partial charge in [-0.2, -0.15) is 11.8 Å². The smallest absolute Gasteiger partial charge is 0.257 e. The highest BCUT2D eigenvalue weighted by molar-refractivity contribution is 7.98. The average molecular weight is 323 g/mol. The summed E-state index contributed by atoms with van der Waals surface area (Å²) in [6.45, 7) is 5.27. The summed E-state index contributed by atoms with van der Waals surface area (Å²) < 4.78 is 5.92. The first-order valence-electron chi connectivity index (χ1n) is 7.58. The van der Waals surface area contributed by atoms with Crippen molar-refractivity contribution in [3.05, 3.63) is 22.4 Å². The van der Waals surface area contributed by atoms with Crippen LogP contribution in [0.5, 0.6) is 0 Å². The van der Waals surface area contributed by atoms with E-state index in [4.69, 9.17) is 4.42 Å². The molecule has 0 bridgehead atoms. The Morgan fingerprint density at radius 2 is 2.29 bits per heavy atom. The molecule has 1 unspecified atom stereocenters. The molecule has 6 heteroatoms. The van der Waals surface area contributed by atoms with Crippen molar-refractivity contribution >= 4 is 23.1 Å². The first-order chi connectivity index (χ1) is 10.3. The van der Waals surface area contributed by atoms with E-state index in [9.17, 15) is 0 Å². The molecule has 0 spiro atoms. The lowest BCUT2D eigenvalue weighted by Crippen LogP contribution is -2.21. The molecule has 1 aliphatic rings. The van der Waals surface area contributed by atoms with Gasteiger partial charge in [0.15, 0.2) is 0 Å². The predicted molar refractivity (Wildman–Crippen MR) is 88.8 cm³/mol. The Bertz CT molecular complexity index is 570. The number of rotatable bonds is 6. The molecule has 0 radical (unpaired) electrons. The van der Waals surface area contributed by atoms with Gasteiger partial charge in [-0.3, -0.25) is 0 Å². The van der Waals surface area contributed by atoms with Crippen LogP contribution in [0.3, 0.4) is 0 Å². The fourth-order valence-corrected chi connectivity index (χ4v) is 4.75. The van der Waals surface area contributed by atoms with E-state index in [0.29, 0.717) is 11.8 Å². The van der Waals surface area contributed by atoms with E-state index < -0.39 is 0 Å². The summed E-state index contributed by atoms with van der Waals surface area (Å²) in [4.78, 5) is 2.60. The summed E-state index contributed by atoms with van der Waals surface area (Å²) in [5, 5.41) is 12.0. The van der Waals surface area contributed by atoms with Gasteiger partial charge in [0.2, 0.25) is 5.89 Å². The Labute approximate surface area is 133 Å². The van der Waals surface area contributed by atoms with Gasteiger partial charge in [0, 0.05) is 10.6 Å². The van der Waals surface area contributed by atoms with Gasteiger partial charge < -0.3 is 9.73 Å². The molecule has 4 nitrogen and oxygen atoms in total. The fourth-order valence-electron chi connectivity index (χ4n) is 2.45. The molecule has 0 aliphatic carbocycles. The van der Waals surface area contributed by atoms with E-state index in [1.807, 2.05) is 23.1 Å². The molecule has 0 saturated heterocycles. The maximum absolute atomic E-state index is 5.92. The molecule has 1 aliphatic heterocycles. The van der Waals surface area contributed by atoms with Gasteiger partial charge in [-0.05, 0) is 43.2 Å². The van der Waals surface area contributed by atoms with Crippen molar-refractivity contribution < 1.29 is 4.42 Å². The molecule has 1 N–H and O–H groups in total. The molecule has 21 heavy (non-hydrogen) atoms. The van der Waals surface area contributed by atoms with Crippen molar-refractivity contribution in [2.75, 3.05) is 12.3 Å². The number of thioether (sulfide) groups is 1. The number of fused-ring (bicyclic) bond motifs is 1. The second-order valence-electron chi connectivity index (χ2n) is 5.22. The molecule has 0 aromatic carbocycles. The van der Waals surface area contributed by atoms with Crippen LogP contribution in [0.1, 0.15) is 49.1 Å². The minimum Gasteiger partial charge on any atom is -0.418 e. The van der Waals surface area contributed by atoms with Gasteiger partial charge in [-0.1, -0.05) is 13.8 Å². The Morgan fingerprint density at radius 3 is 3.05 bits per heavy atom. The molecule has 0 amide bonds. The summed E-state index contributed by atoms with van der Waals surface area (Å²) in [7, 11) is 0. The average Bonchev–Trinajstić information content (AvgIpc) is 3.14. The van der Waals surface area contributed by atoms with Gasteiger partial charge in [0.05, 0.1) is 10.9 Å². The predicted octanol–water partition coefficient (Wildman–Crippen LogP) is 4.04. The third-order valence-electron chi connectivity index (χ3n) is 3.63. The van der Waals surface area contributed by atoms with Crippen LogP contribution in [0.4, 0.5) is 0 Å². The molecule has 114 valence electrons. The zero-order valence-electron chi connectivity index (χ0n) is 12.5. The summed E-state index contributed by atoms with van der Waals surface area (Å²) in [6, 6.07) is 2.39. The van der Waals surface area contributed by atoms with E-state index in [2.05, 4.69) is 35.4 Å². The largest absolute Gasteiger partial charge is 0.418 e. The van der Waals surface area contributed by atoms with Crippen LogP contribution in [0, 0.1) is 0 Å². The quantitative estimate of drug-likeness (QED) is 0.869. The highest BCUT2D eigenvalue weighted by Gasteiger charge is 2.20. The van der Waals surface area contributed by atoms with Crippen LogP contribution in [0.15, 0.2) is 10.5 Å². The van der Waals surface area contributed by atoms with Gasteiger partial charge in [0.1, 0.15) is 0 Å². The number of aromatic nitrogens is 2. The van der Waals surface area contributed by atoms with Crippen LogP contribution in [-0.4, -0.2) is 22.5 Å². The van der Waals surface area contributed by atoms with Crippen molar-refractivity contribution in [1.29, 1.82) is 0 Å². The number of hydrogen-bond acceptors (Lipinski definition) is 6. The topological polar surface area (TPSA) is 51.0 Å². The minimum absolute atomic E-state index is 0.163. The van der Waals surface area contributed by atoms with Crippen LogP contribution in [0.25, 0.3) is 10.8 Å². The van der Waals surface area contributed by atoms with Crippen molar-refractivity contribution in [2.45, 2.75) is 44.9 Å². The first-order valence-corrected chi connectivity index (χ1v) is 9.55. The summed E-state index contributed by atoms with van der Waals surface area (Å²) in [5.41, 5.74) is 1.45. The van der Waals surface area contributed by atoms with Crippen molar-refractivity contribution in [3.8, 4) is 10.8 Å². The van der Waals surface area contributed by atoms with Gasteiger partial charge in [0.25, 0.3) is 5.89 Å². The number of hydrogen-bond donors (Lipinski definition) is 1. The molecule has 2 aromatic heterocycles. The molecule has 0 fully saturated rings. The SMILES string of the molecule is CCCNC(CC)c1nnc(-c2cc3c(s2)CCSC3)o1. The zero-order chi connectivity index (χ0) is 14.7. The Balaban J connectivity index is 1.79. The number of thiophene rings is 1. The Morgan fingerprint density at radius 1 is 1.38 bits per heavy atom. The van der Waals surface area contributed by atoms with Gasteiger partial charge >= 0.3 is 0 Å². The van der Waals surface area contributed by atoms with Crippen LogP contribution in [-0.2, 0) is 12.2 Å². The molecule has 1 atom stereocenters. The third-order valence-corrected chi connectivity index (χ3v) is 5.86. The maximum atomic E-state index is 5.92. The van der Waals surface area contributed by atoms with Gasteiger partial charge in [-0.15, -0.1) is 21.5 Å². The summed E-state index contributed by atoms with van der Waals surface area (Å²) in [5.74, 6) is 3.72. The second-order valence-corrected chi connectivity index (χ2v) is 7.46. The molecular formula is C15H21N3OS2. The Hall–Kier alpha value is -0.850. The van der Waals surface area contributed by atoms with Crippen LogP contribution < -0.4 is 5.32 Å². The number of nitrogens with one attached hydrogen (secondary N) is 1. The van der Waals surface area contributed by atoms with E-state index in [-0.39, 0.29) is 6.04 Å². The van der Waals surface area contributed by atoms with E-state index in [1.54, 1.807) is 0 Å². The van der Waals surface area contributed by atoms with E-state index in [0.717, 1.165) is 30.0 Å². The lowest BCUT2D eigenvalue weighted by Gasteiger charge is -2.11. The standard InChI is InChI=1S/C15H21N3OS2/c1-3-6-16-11(4-2)14-17-18-15(19-14)13-8-10-9-20-7-5-12(10)21-13/h8,11,16H,3-7,9H2,1-2H3. The normalized spacial score (nSPS) is 15.9. The summed E-state index contributed by atoms with van der Waals surface area (Å²) >= 11 is 3.81. The molecule has 3 heterocycles. The highest BCUT2D eigenvalue weighted by atomic mass is 32.2. The van der Waals surface area contributed by atoms with Crippen LogP contribution in [0.2, 0.25) is 0 Å². The monoisotopic (exact) mass is 323 g/mol. The molecule has 3 rings (SSSR count).